The highest BCUT2D eigenvalue weighted by Crippen LogP contribution is 2.35. The second-order valence-electron chi connectivity index (χ2n) is 5.03. The molecule has 9 heteroatoms. The van der Waals surface area contributed by atoms with E-state index in [9.17, 15) is 8.78 Å². The Balaban J connectivity index is 2.12. The first-order chi connectivity index (χ1) is 12.1. The lowest BCUT2D eigenvalue weighted by Crippen LogP contribution is -2.12. The summed E-state index contributed by atoms with van der Waals surface area (Å²) in [6, 6.07) is 8.16. The number of aromatic nitrogens is 3. The highest BCUT2D eigenvalue weighted by molar-refractivity contribution is 5.81. The molecule has 2 N–H and O–H groups in total. The summed E-state index contributed by atoms with van der Waals surface area (Å²) in [5.74, 6) is 0.769. The van der Waals surface area contributed by atoms with Gasteiger partial charge >= 0.3 is 6.61 Å². The van der Waals surface area contributed by atoms with Crippen molar-refractivity contribution in [2.24, 2.45) is 0 Å². The van der Waals surface area contributed by atoms with Gasteiger partial charge in [0.2, 0.25) is 5.95 Å². The second kappa shape index (κ2) is 7.31. The van der Waals surface area contributed by atoms with E-state index in [0.29, 0.717) is 35.0 Å². The van der Waals surface area contributed by atoms with Crippen LogP contribution in [0.4, 0.5) is 14.7 Å². The number of methoxy groups -OCH3 is 1. The Labute approximate surface area is 141 Å². The van der Waals surface area contributed by atoms with Crippen molar-refractivity contribution >= 4 is 11.5 Å². The van der Waals surface area contributed by atoms with Crippen molar-refractivity contribution in [1.29, 1.82) is 0 Å². The monoisotopic (exact) mass is 350 g/mol. The van der Waals surface area contributed by atoms with E-state index in [1.165, 1.54) is 13.2 Å². The first kappa shape index (κ1) is 16.9. The minimum atomic E-state index is -2.98. The molecule has 7 nitrogen and oxygen atoms in total. The van der Waals surface area contributed by atoms with E-state index in [0.717, 1.165) is 0 Å². The Morgan fingerprint density at radius 3 is 2.84 bits per heavy atom. The van der Waals surface area contributed by atoms with Crippen LogP contribution < -0.4 is 14.8 Å². The Kier molecular flexibility index (Phi) is 4.94. The fourth-order valence-corrected chi connectivity index (χ4v) is 2.45. The molecule has 0 saturated carbocycles. The number of alkyl halides is 2. The van der Waals surface area contributed by atoms with Crippen LogP contribution in [0.25, 0.3) is 16.8 Å². The van der Waals surface area contributed by atoms with Gasteiger partial charge in [-0.3, -0.25) is 4.40 Å². The Hall–Kier alpha value is -2.94. The summed E-state index contributed by atoms with van der Waals surface area (Å²) >= 11 is 0. The maximum absolute atomic E-state index is 12.8. The maximum Gasteiger partial charge on any atom is 0.387 e. The van der Waals surface area contributed by atoms with Gasteiger partial charge < -0.3 is 19.9 Å². The number of aliphatic hydroxyl groups is 1. The van der Waals surface area contributed by atoms with E-state index in [2.05, 4.69) is 20.3 Å². The van der Waals surface area contributed by atoms with Gasteiger partial charge in [0.25, 0.3) is 0 Å². The molecule has 0 bridgehead atoms. The van der Waals surface area contributed by atoms with E-state index in [-0.39, 0.29) is 12.4 Å². The van der Waals surface area contributed by atoms with Gasteiger partial charge in [0.15, 0.2) is 0 Å². The summed E-state index contributed by atoms with van der Waals surface area (Å²) < 4.78 is 36.9. The van der Waals surface area contributed by atoms with Crippen LogP contribution in [-0.2, 0) is 0 Å². The smallest absolute Gasteiger partial charge is 0.387 e. The quantitative estimate of drug-likeness (QED) is 0.681. The van der Waals surface area contributed by atoms with Crippen LogP contribution in [0, 0.1) is 0 Å². The van der Waals surface area contributed by atoms with Crippen LogP contribution in [-0.4, -0.2) is 46.6 Å². The summed E-state index contributed by atoms with van der Waals surface area (Å²) in [5, 5.41) is 20.1. The third kappa shape index (κ3) is 3.45. The molecule has 132 valence electrons. The Morgan fingerprint density at radius 2 is 2.12 bits per heavy atom. The van der Waals surface area contributed by atoms with Gasteiger partial charge in [-0.2, -0.15) is 8.78 Å². The molecule has 0 atom stereocenters. The summed E-state index contributed by atoms with van der Waals surface area (Å²) in [7, 11) is 1.44. The van der Waals surface area contributed by atoms with Gasteiger partial charge in [-0.25, -0.2) is 0 Å². The second-order valence-corrected chi connectivity index (χ2v) is 5.03. The van der Waals surface area contributed by atoms with Crippen molar-refractivity contribution in [2.75, 3.05) is 25.6 Å². The van der Waals surface area contributed by atoms with Crippen molar-refractivity contribution in [3.8, 4) is 22.8 Å². The van der Waals surface area contributed by atoms with Gasteiger partial charge in [0.05, 0.1) is 19.2 Å². The predicted molar refractivity (Wildman–Crippen MR) is 87.2 cm³/mol. The average molecular weight is 350 g/mol. The standard InChI is InChI=1S/C16H16F2N4O3/c1-24-10-4-5-11(13(9-10)25-15(17)18)14-12-3-2-7-22(12)16(21-20-14)19-6-8-23/h2-5,7,9,15,23H,6,8H2,1H3,(H,19,21). The molecule has 2 aromatic heterocycles. The normalized spacial score (nSPS) is 11.1. The minimum absolute atomic E-state index is 0.0529. The summed E-state index contributed by atoms with van der Waals surface area (Å²) in [6.07, 6.45) is 1.75. The zero-order valence-electron chi connectivity index (χ0n) is 13.3. The number of fused-ring (bicyclic) bond motifs is 1. The number of anilines is 1. The van der Waals surface area contributed by atoms with Crippen LogP contribution >= 0.6 is 0 Å². The fraction of sp³-hybridized carbons (Fsp3) is 0.250. The molecule has 0 amide bonds. The van der Waals surface area contributed by atoms with Gasteiger partial charge in [-0.15, -0.1) is 10.2 Å². The molecule has 0 saturated heterocycles. The molecule has 0 unspecified atom stereocenters. The lowest BCUT2D eigenvalue weighted by atomic mass is 10.1. The van der Waals surface area contributed by atoms with E-state index in [1.807, 2.05) is 0 Å². The molecule has 0 aliphatic carbocycles. The molecule has 0 aliphatic heterocycles. The maximum atomic E-state index is 12.8. The number of halogens is 2. The molecule has 1 aromatic carbocycles. The van der Waals surface area contributed by atoms with Crippen LogP contribution in [0.5, 0.6) is 11.5 Å². The molecule has 0 spiro atoms. The Morgan fingerprint density at radius 1 is 1.28 bits per heavy atom. The number of rotatable bonds is 7. The van der Waals surface area contributed by atoms with Crippen molar-refractivity contribution < 1.29 is 23.4 Å². The lowest BCUT2D eigenvalue weighted by Gasteiger charge is -2.14. The van der Waals surface area contributed by atoms with Crippen molar-refractivity contribution in [2.45, 2.75) is 6.61 Å². The zero-order valence-corrected chi connectivity index (χ0v) is 13.3. The van der Waals surface area contributed by atoms with Gasteiger partial charge in [0, 0.05) is 24.4 Å². The van der Waals surface area contributed by atoms with Crippen LogP contribution in [0.1, 0.15) is 0 Å². The molecule has 0 aliphatic rings. The van der Waals surface area contributed by atoms with E-state index >= 15 is 0 Å². The molecule has 3 rings (SSSR count). The number of nitrogens with one attached hydrogen (secondary N) is 1. The van der Waals surface area contributed by atoms with E-state index in [4.69, 9.17) is 9.84 Å². The highest BCUT2D eigenvalue weighted by Gasteiger charge is 2.18. The topological polar surface area (TPSA) is 80.9 Å². The molecule has 0 radical (unpaired) electrons. The number of ether oxygens (including phenoxy) is 2. The summed E-state index contributed by atoms with van der Waals surface area (Å²) in [6.45, 7) is -2.73. The van der Waals surface area contributed by atoms with Crippen molar-refractivity contribution in [3.05, 3.63) is 36.5 Å². The first-order valence-electron chi connectivity index (χ1n) is 7.45. The minimum Gasteiger partial charge on any atom is -0.497 e. The predicted octanol–water partition coefficient (Wildman–Crippen LogP) is 2.41. The van der Waals surface area contributed by atoms with E-state index < -0.39 is 6.61 Å². The third-order valence-corrected chi connectivity index (χ3v) is 3.52. The molecular weight excluding hydrogens is 334 g/mol. The van der Waals surface area contributed by atoms with Crippen LogP contribution in [0.15, 0.2) is 36.5 Å². The SMILES string of the molecule is COc1ccc(-c2nnc(NCCO)n3cccc23)c(OC(F)F)c1. The number of hydrogen-bond acceptors (Lipinski definition) is 6. The molecule has 0 fully saturated rings. The van der Waals surface area contributed by atoms with E-state index in [1.54, 1.807) is 34.9 Å². The van der Waals surface area contributed by atoms with Crippen LogP contribution in [0.2, 0.25) is 0 Å². The summed E-state index contributed by atoms with van der Waals surface area (Å²) in [5.41, 5.74) is 1.41. The van der Waals surface area contributed by atoms with Crippen molar-refractivity contribution in [3.63, 3.8) is 0 Å². The molecular formula is C16H16F2N4O3. The fourth-order valence-electron chi connectivity index (χ4n) is 2.45. The lowest BCUT2D eigenvalue weighted by molar-refractivity contribution is -0.0495. The third-order valence-electron chi connectivity index (χ3n) is 3.52. The molecule has 25 heavy (non-hydrogen) atoms. The van der Waals surface area contributed by atoms with Crippen molar-refractivity contribution in [1.82, 2.24) is 14.6 Å². The zero-order chi connectivity index (χ0) is 17.8. The summed E-state index contributed by atoms with van der Waals surface area (Å²) in [4.78, 5) is 0. The number of hydrogen-bond donors (Lipinski definition) is 2. The first-order valence-corrected chi connectivity index (χ1v) is 7.45. The highest BCUT2D eigenvalue weighted by atomic mass is 19.3. The number of benzene rings is 1. The van der Waals surface area contributed by atoms with Gasteiger partial charge in [0.1, 0.15) is 17.2 Å². The van der Waals surface area contributed by atoms with Gasteiger partial charge in [-0.05, 0) is 24.3 Å². The number of aliphatic hydroxyl groups excluding tert-OH is 1. The van der Waals surface area contributed by atoms with Gasteiger partial charge in [-0.1, -0.05) is 0 Å². The van der Waals surface area contributed by atoms with Crippen LogP contribution in [0.3, 0.4) is 0 Å². The Bertz CT molecular complexity index is 870. The molecule has 2 heterocycles. The molecule has 3 aromatic rings. The average Bonchev–Trinajstić information content (AvgIpc) is 3.09. The number of nitrogens with zero attached hydrogens (tertiary/aromatic N) is 3. The largest absolute Gasteiger partial charge is 0.497 e.